The first-order valence-corrected chi connectivity index (χ1v) is 8.35. The van der Waals surface area contributed by atoms with E-state index in [1.807, 2.05) is 35.4 Å². The van der Waals surface area contributed by atoms with Crippen LogP contribution in [0.4, 0.5) is 0 Å². The maximum absolute atomic E-state index is 12.2. The van der Waals surface area contributed by atoms with E-state index in [1.54, 1.807) is 17.4 Å². The smallest absolute Gasteiger partial charge is 0.246 e. The Kier molecular flexibility index (Phi) is 4.42. The predicted molar refractivity (Wildman–Crippen MR) is 83.3 cm³/mol. The zero-order chi connectivity index (χ0) is 14.7. The van der Waals surface area contributed by atoms with Crippen LogP contribution in [0.3, 0.4) is 0 Å². The highest BCUT2D eigenvalue weighted by molar-refractivity contribution is 7.10. The molecule has 114 valence electrons. The molecule has 3 rings (SSSR count). The Morgan fingerprint density at radius 1 is 1.67 bits per heavy atom. The fourth-order valence-electron chi connectivity index (χ4n) is 3.11. The van der Waals surface area contributed by atoms with Gasteiger partial charge in [-0.3, -0.25) is 4.79 Å². The third-order valence-corrected chi connectivity index (χ3v) is 4.98. The molecule has 0 bridgehead atoms. The number of carbonyl (C=O) groups excluding carboxylic acids is 1. The summed E-state index contributed by atoms with van der Waals surface area (Å²) in [5, 5.41) is 2.01. The second kappa shape index (κ2) is 6.30. The van der Waals surface area contributed by atoms with Crippen molar-refractivity contribution in [2.45, 2.75) is 31.5 Å². The van der Waals surface area contributed by atoms with Crippen LogP contribution in [-0.4, -0.2) is 48.8 Å². The molecule has 0 saturated carbocycles. The van der Waals surface area contributed by atoms with E-state index in [9.17, 15) is 4.79 Å². The molecular formula is C16H21NO3S. The van der Waals surface area contributed by atoms with E-state index in [2.05, 4.69) is 0 Å². The first-order chi connectivity index (χ1) is 10.2. The normalized spacial score (nSPS) is 29.0. The Morgan fingerprint density at radius 2 is 2.57 bits per heavy atom. The van der Waals surface area contributed by atoms with Gasteiger partial charge >= 0.3 is 0 Å². The summed E-state index contributed by atoms with van der Waals surface area (Å²) in [6.45, 7) is 4.83. The van der Waals surface area contributed by atoms with Gasteiger partial charge in [-0.15, -0.1) is 11.3 Å². The number of hydrogen-bond donors (Lipinski definition) is 0. The molecule has 2 aliphatic rings. The Balaban J connectivity index is 1.56. The van der Waals surface area contributed by atoms with Crippen molar-refractivity contribution in [2.75, 3.05) is 26.3 Å². The number of thiophene rings is 1. The van der Waals surface area contributed by atoms with Gasteiger partial charge in [-0.1, -0.05) is 6.07 Å². The molecule has 0 aromatic carbocycles. The van der Waals surface area contributed by atoms with Crippen LogP contribution < -0.4 is 0 Å². The maximum Gasteiger partial charge on any atom is 0.246 e. The maximum atomic E-state index is 12.2. The van der Waals surface area contributed by atoms with Crippen LogP contribution in [0.15, 0.2) is 23.6 Å². The summed E-state index contributed by atoms with van der Waals surface area (Å²) in [6, 6.07) is 3.99. The Morgan fingerprint density at radius 3 is 3.33 bits per heavy atom. The predicted octanol–water partition coefficient (Wildman–Crippen LogP) is 2.56. The SMILES string of the molecule is CCO[C@@H]1CO[C@@]2(CCN(C(=O)/C=C/c3cccs3)C2)C1. The van der Waals surface area contributed by atoms with Gasteiger partial charge in [0.05, 0.1) is 24.9 Å². The van der Waals surface area contributed by atoms with E-state index in [1.165, 1.54) is 0 Å². The van der Waals surface area contributed by atoms with Gasteiger partial charge in [-0.2, -0.15) is 0 Å². The molecule has 1 spiro atoms. The van der Waals surface area contributed by atoms with Crippen LogP contribution in [0.25, 0.3) is 6.08 Å². The van der Waals surface area contributed by atoms with Crippen molar-refractivity contribution in [2.24, 2.45) is 0 Å². The van der Waals surface area contributed by atoms with Crippen LogP contribution in [-0.2, 0) is 14.3 Å². The molecule has 1 aromatic rings. The van der Waals surface area contributed by atoms with Crippen LogP contribution in [0.5, 0.6) is 0 Å². The third kappa shape index (κ3) is 3.36. The quantitative estimate of drug-likeness (QED) is 0.803. The van der Waals surface area contributed by atoms with Gasteiger partial charge in [-0.05, 0) is 30.9 Å². The van der Waals surface area contributed by atoms with E-state index < -0.39 is 0 Å². The van der Waals surface area contributed by atoms with Gasteiger partial charge in [0.2, 0.25) is 5.91 Å². The zero-order valence-corrected chi connectivity index (χ0v) is 13.1. The van der Waals surface area contributed by atoms with E-state index in [-0.39, 0.29) is 17.6 Å². The number of ether oxygens (including phenoxy) is 2. The third-order valence-electron chi connectivity index (χ3n) is 4.14. The molecule has 0 unspecified atom stereocenters. The summed E-state index contributed by atoms with van der Waals surface area (Å²) < 4.78 is 11.6. The molecule has 0 radical (unpaired) electrons. The highest BCUT2D eigenvalue weighted by Crippen LogP contribution is 2.36. The lowest BCUT2D eigenvalue weighted by atomic mass is 9.98. The summed E-state index contributed by atoms with van der Waals surface area (Å²) in [6.07, 6.45) is 5.55. The minimum atomic E-state index is -0.174. The minimum absolute atomic E-state index is 0.0729. The van der Waals surface area contributed by atoms with Gasteiger partial charge in [0.15, 0.2) is 0 Å². The van der Waals surface area contributed by atoms with Crippen LogP contribution in [0, 0.1) is 0 Å². The number of rotatable bonds is 4. The highest BCUT2D eigenvalue weighted by atomic mass is 32.1. The lowest BCUT2D eigenvalue weighted by molar-refractivity contribution is -0.126. The molecular weight excluding hydrogens is 286 g/mol. The standard InChI is InChI=1S/C16H21NO3S/c1-2-19-13-10-16(20-11-13)7-8-17(12-16)15(18)6-5-14-4-3-9-21-14/h3-6,9,13H,2,7-8,10-12H2,1H3/b6-5+/t13-,16-/m0/s1. The highest BCUT2D eigenvalue weighted by Gasteiger charge is 2.46. The molecule has 5 heteroatoms. The van der Waals surface area contributed by atoms with Gasteiger partial charge in [-0.25, -0.2) is 0 Å². The lowest BCUT2D eigenvalue weighted by Crippen LogP contribution is -2.35. The Hall–Kier alpha value is -1.17. The largest absolute Gasteiger partial charge is 0.376 e. The molecule has 2 atom stereocenters. The molecule has 2 aliphatic heterocycles. The summed E-state index contributed by atoms with van der Waals surface area (Å²) in [5.41, 5.74) is -0.174. The van der Waals surface area contributed by atoms with Crippen molar-refractivity contribution < 1.29 is 14.3 Å². The molecule has 2 fully saturated rings. The van der Waals surface area contributed by atoms with Crippen molar-refractivity contribution in [1.82, 2.24) is 4.90 Å². The summed E-state index contributed by atoms with van der Waals surface area (Å²) in [7, 11) is 0. The average Bonchev–Trinajstić information content (AvgIpc) is 3.20. The number of nitrogens with zero attached hydrogens (tertiary/aromatic N) is 1. The van der Waals surface area contributed by atoms with E-state index >= 15 is 0 Å². The summed E-state index contributed by atoms with van der Waals surface area (Å²) in [4.78, 5) is 15.2. The fourth-order valence-corrected chi connectivity index (χ4v) is 3.73. The molecule has 21 heavy (non-hydrogen) atoms. The van der Waals surface area contributed by atoms with Crippen LogP contribution >= 0.6 is 11.3 Å². The van der Waals surface area contributed by atoms with Crippen molar-refractivity contribution in [1.29, 1.82) is 0 Å². The Labute approximate surface area is 129 Å². The topological polar surface area (TPSA) is 38.8 Å². The van der Waals surface area contributed by atoms with Crippen molar-refractivity contribution >= 4 is 23.3 Å². The number of carbonyl (C=O) groups is 1. The Bertz CT molecular complexity index is 514. The molecule has 0 N–H and O–H groups in total. The molecule has 2 saturated heterocycles. The van der Waals surface area contributed by atoms with Crippen LogP contribution in [0.1, 0.15) is 24.6 Å². The van der Waals surface area contributed by atoms with E-state index in [0.717, 1.165) is 30.9 Å². The van der Waals surface area contributed by atoms with Gasteiger partial charge in [0.1, 0.15) is 0 Å². The monoisotopic (exact) mass is 307 g/mol. The zero-order valence-electron chi connectivity index (χ0n) is 12.3. The minimum Gasteiger partial charge on any atom is -0.376 e. The van der Waals surface area contributed by atoms with E-state index in [0.29, 0.717) is 13.2 Å². The van der Waals surface area contributed by atoms with Crippen molar-refractivity contribution in [3.05, 3.63) is 28.5 Å². The molecule has 4 nitrogen and oxygen atoms in total. The molecule has 1 aromatic heterocycles. The van der Waals surface area contributed by atoms with Gasteiger partial charge in [0, 0.05) is 30.5 Å². The summed E-state index contributed by atoms with van der Waals surface area (Å²) >= 11 is 1.63. The number of likely N-dealkylation sites (tertiary alicyclic amines) is 1. The first-order valence-electron chi connectivity index (χ1n) is 7.47. The molecule has 0 aliphatic carbocycles. The van der Waals surface area contributed by atoms with Crippen molar-refractivity contribution in [3.8, 4) is 0 Å². The summed E-state index contributed by atoms with van der Waals surface area (Å²) in [5.74, 6) is 0.0729. The van der Waals surface area contributed by atoms with Crippen LogP contribution in [0.2, 0.25) is 0 Å². The number of hydrogen-bond acceptors (Lipinski definition) is 4. The molecule has 3 heterocycles. The van der Waals surface area contributed by atoms with E-state index in [4.69, 9.17) is 9.47 Å². The average molecular weight is 307 g/mol. The second-order valence-corrected chi connectivity index (χ2v) is 6.61. The lowest BCUT2D eigenvalue weighted by Gasteiger charge is -2.22. The van der Waals surface area contributed by atoms with Crippen molar-refractivity contribution in [3.63, 3.8) is 0 Å². The second-order valence-electron chi connectivity index (χ2n) is 5.63. The van der Waals surface area contributed by atoms with Gasteiger partial charge < -0.3 is 14.4 Å². The fraction of sp³-hybridized carbons (Fsp3) is 0.562. The molecule has 1 amide bonds. The number of amides is 1. The van der Waals surface area contributed by atoms with Gasteiger partial charge in [0.25, 0.3) is 0 Å². The first kappa shape index (κ1) is 14.8.